The molecule has 13 heteroatoms. The lowest BCUT2D eigenvalue weighted by molar-refractivity contribution is -0.274. The van der Waals surface area contributed by atoms with Crippen LogP contribution in [0.4, 0.5) is 23.2 Å². The van der Waals surface area contributed by atoms with E-state index in [1.807, 2.05) is 0 Å². The maximum absolute atomic E-state index is 14.1. The fourth-order valence-electron chi connectivity index (χ4n) is 3.39. The van der Waals surface area contributed by atoms with Crippen molar-refractivity contribution in [2.45, 2.75) is 36.9 Å². The minimum atomic E-state index is -4.93. The molecule has 1 aromatic carbocycles. The zero-order valence-corrected chi connectivity index (χ0v) is 17.9. The SMILES string of the molecule is C[C@@](C(=O)N[C@H]1CCOC1)(c1cncnc1)N(C(=O)[C@H](F)Cl)c1ccc(OC(F)(F)F)cc1. The number of carbonyl (C=O) groups excluding carboxylic acids is 2. The molecule has 178 valence electrons. The predicted molar refractivity (Wildman–Crippen MR) is 108 cm³/mol. The van der Waals surface area contributed by atoms with E-state index in [-0.39, 0.29) is 23.9 Å². The van der Waals surface area contributed by atoms with Crippen molar-refractivity contribution in [2.24, 2.45) is 0 Å². The molecule has 1 aliphatic heterocycles. The van der Waals surface area contributed by atoms with Gasteiger partial charge in [0.05, 0.1) is 12.6 Å². The summed E-state index contributed by atoms with van der Waals surface area (Å²) < 4.78 is 60.7. The fraction of sp³-hybridized carbons (Fsp3) is 0.400. The van der Waals surface area contributed by atoms with E-state index in [1.54, 1.807) is 0 Å². The Morgan fingerprint density at radius 2 is 1.88 bits per heavy atom. The summed E-state index contributed by atoms with van der Waals surface area (Å²) >= 11 is 5.45. The molecule has 8 nitrogen and oxygen atoms in total. The van der Waals surface area contributed by atoms with E-state index in [0.29, 0.717) is 13.0 Å². The van der Waals surface area contributed by atoms with Crippen LogP contribution in [0.2, 0.25) is 0 Å². The van der Waals surface area contributed by atoms with E-state index in [9.17, 15) is 27.2 Å². The maximum atomic E-state index is 14.1. The molecule has 1 aromatic heterocycles. The Morgan fingerprint density at radius 1 is 1.24 bits per heavy atom. The quantitative estimate of drug-likeness (QED) is 0.473. The molecule has 2 heterocycles. The Morgan fingerprint density at radius 3 is 2.39 bits per heavy atom. The number of benzene rings is 1. The van der Waals surface area contributed by atoms with Crippen LogP contribution in [0.3, 0.4) is 0 Å². The number of nitrogens with one attached hydrogen (secondary N) is 1. The Hall–Kier alpha value is -2.99. The molecule has 1 aliphatic rings. The second kappa shape index (κ2) is 9.87. The second-order valence-electron chi connectivity index (χ2n) is 7.25. The summed E-state index contributed by atoms with van der Waals surface area (Å²) in [6, 6.07) is 3.64. The van der Waals surface area contributed by atoms with Gasteiger partial charge >= 0.3 is 6.36 Å². The highest BCUT2D eigenvalue weighted by Gasteiger charge is 2.47. The minimum absolute atomic E-state index is 0.109. The van der Waals surface area contributed by atoms with E-state index in [2.05, 4.69) is 20.0 Å². The summed E-state index contributed by atoms with van der Waals surface area (Å²) in [4.78, 5) is 34.8. The van der Waals surface area contributed by atoms with Crippen LogP contribution < -0.4 is 15.0 Å². The molecular weight excluding hydrogens is 472 g/mol. The summed E-state index contributed by atoms with van der Waals surface area (Å²) in [5.74, 6) is -2.60. The third-order valence-electron chi connectivity index (χ3n) is 5.01. The lowest BCUT2D eigenvalue weighted by Gasteiger charge is -2.40. The topological polar surface area (TPSA) is 93.6 Å². The lowest BCUT2D eigenvalue weighted by atomic mass is 9.89. The van der Waals surface area contributed by atoms with Crippen molar-refractivity contribution in [3.8, 4) is 5.75 Å². The van der Waals surface area contributed by atoms with Crippen LogP contribution in [-0.4, -0.2) is 53.0 Å². The van der Waals surface area contributed by atoms with Gasteiger partial charge in [0.25, 0.3) is 17.4 Å². The number of carbonyl (C=O) groups is 2. The van der Waals surface area contributed by atoms with Gasteiger partial charge in [0.2, 0.25) is 0 Å². The van der Waals surface area contributed by atoms with Crippen LogP contribution in [-0.2, 0) is 19.9 Å². The zero-order chi connectivity index (χ0) is 24.2. The number of ether oxygens (including phenoxy) is 2. The molecule has 0 unspecified atom stereocenters. The van der Waals surface area contributed by atoms with Gasteiger partial charge in [-0.1, -0.05) is 11.6 Å². The fourth-order valence-corrected chi connectivity index (χ4v) is 3.48. The first kappa shape index (κ1) is 24.6. The summed E-state index contributed by atoms with van der Waals surface area (Å²) in [6.45, 7) is 1.99. The number of alkyl halides is 5. The largest absolute Gasteiger partial charge is 0.573 e. The molecule has 2 amide bonds. The van der Waals surface area contributed by atoms with Gasteiger partial charge in [0, 0.05) is 30.3 Å². The van der Waals surface area contributed by atoms with Gasteiger partial charge in [0.1, 0.15) is 12.1 Å². The van der Waals surface area contributed by atoms with Gasteiger partial charge in [-0.05, 0) is 37.6 Å². The molecular formula is C20H19ClF4N4O4. The summed E-state index contributed by atoms with van der Waals surface area (Å²) in [5, 5.41) is 2.75. The third kappa shape index (κ3) is 5.69. The Labute approximate surface area is 190 Å². The molecule has 0 aliphatic carbocycles. The van der Waals surface area contributed by atoms with E-state index in [4.69, 9.17) is 16.3 Å². The number of nitrogens with zero attached hydrogens (tertiary/aromatic N) is 3. The number of aromatic nitrogens is 2. The number of hydrogen-bond acceptors (Lipinski definition) is 6. The molecule has 0 saturated carbocycles. The molecule has 2 aromatic rings. The molecule has 3 atom stereocenters. The summed E-state index contributed by atoms with van der Waals surface area (Å²) in [6.07, 6.45) is -0.690. The number of anilines is 1. The predicted octanol–water partition coefficient (Wildman–Crippen LogP) is 3.06. The van der Waals surface area contributed by atoms with Crippen LogP contribution in [0.1, 0.15) is 18.9 Å². The van der Waals surface area contributed by atoms with Crippen molar-refractivity contribution in [1.29, 1.82) is 0 Å². The van der Waals surface area contributed by atoms with Gasteiger partial charge in [-0.3, -0.25) is 14.5 Å². The summed E-state index contributed by atoms with van der Waals surface area (Å²) in [7, 11) is 0. The highest BCUT2D eigenvalue weighted by Crippen LogP contribution is 2.36. The van der Waals surface area contributed by atoms with E-state index in [0.717, 1.165) is 29.2 Å². The van der Waals surface area contributed by atoms with E-state index < -0.39 is 35.1 Å². The Kier molecular flexibility index (Phi) is 7.38. The third-order valence-corrected chi connectivity index (χ3v) is 5.20. The van der Waals surface area contributed by atoms with Crippen molar-refractivity contribution in [3.63, 3.8) is 0 Å². The first-order chi connectivity index (χ1) is 15.5. The van der Waals surface area contributed by atoms with Crippen molar-refractivity contribution in [2.75, 3.05) is 18.1 Å². The van der Waals surface area contributed by atoms with Gasteiger partial charge in [0.15, 0.2) is 5.54 Å². The molecule has 33 heavy (non-hydrogen) atoms. The first-order valence-corrected chi connectivity index (χ1v) is 10.1. The average Bonchev–Trinajstić information content (AvgIpc) is 3.27. The molecule has 1 saturated heterocycles. The zero-order valence-electron chi connectivity index (χ0n) is 17.2. The smallest absolute Gasteiger partial charge is 0.406 e. The van der Waals surface area contributed by atoms with Crippen molar-refractivity contribution in [1.82, 2.24) is 15.3 Å². The number of hydrogen-bond donors (Lipinski definition) is 1. The monoisotopic (exact) mass is 490 g/mol. The molecule has 0 spiro atoms. The number of rotatable bonds is 7. The summed E-state index contributed by atoms with van der Waals surface area (Å²) in [5.41, 5.74) is -4.47. The van der Waals surface area contributed by atoms with Gasteiger partial charge in [-0.15, -0.1) is 13.2 Å². The normalized spacial score (nSPS) is 18.8. The maximum Gasteiger partial charge on any atom is 0.573 e. The molecule has 0 bridgehead atoms. The van der Waals surface area contributed by atoms with Gasteiger partial charge < -0.3 is 14.8 Å². The van der Waals surface area contributed by atoms with E-state index in [1.165, 1.54) is 25.6 Å². The van der Waals surface area contributed by atoms with Crippen LogP contribution in [0.25, 0.3) is 0 Å². The van der Waals surface area contributed by atoms with Crippen LogP contribution in [0, 0.1) is 0 Å². The average molecular weight is 491 g/mol. The van der Waals surface area contributed by atoms with Crippen LogP contribution >= 0.6 is 11.6 Å². The Balaban J connectivity index is 2.08. The molecule has 1 fully saturated rings. The van der Waals surface area contributed by atoms with Crippen LogP contribution in [0.15, 0.2) is 43.0 Å². The van der Waals surface area contributed by atoms with Gasteiger partial charge in [-0.2, -0.15) is 0 Å². The number of amides is 2. The van der Waals surface area contributed by atoms with Crippen molar-refractivity contribution >= 4 is 29.1 Å². The van der Waals surface area contributed by atoms with Crippen molar-refractivity contribution in [3.05, 3.63) is 48.5 Å². The van der Waals surface area contributed by atoms with E-state index >= 15 is 0 Å². The van der Waals surface area contributed by atoms with Crippen LogP contribution in [0.5, 0.6) is 5.75 Å². The molecule has 1 N–H and O–H groups in total. The number of halogens is 5. The standard InChI is InChI=1S/C20H19ClF4N4O4/c1-19(12-8-26-11-27-9-12,18(31)28-13-6-7-32-10-13)29(17(30)16(21)22)14-2-4-15(5-3-14)33-20(23,24)25/h2-5,8-9,11,13,16H,6-7,10H2,1H3,(H,28,31)/t13-,16-,19-/m0/s1. The highest BCUT2D eigenvalue weighted by molar-refractivity contribution is 6.32. The second-order valence-corrected chi connectivity index (χ2v) is 7.63. The lowest BCUT2D eigenvalue weighted by Crippen LogP contribution is -2.60. The first-order valence-electron chi connectivity index (χ1n) is 9.64. The molecule has 0 radical (unpaired) electrons. The van der Waals surface area contributed by atoms with Gasteiger partial charge in [-0.25, -0.2) is 14.4 Å². The highest BCUT2D eigenvalue weighted by atomic mass is 35.5. The molecule has 3 rings (SSSR count). The Bertz CT molecular complexity index is 972. The van der Waals surface area contributed by atoms with Crippen molar-refractivity contribution < 1.29 is 36.6 Å². The minimum Gasteiger partial charge on any atom is -0.406 e.